The normalized spacial score (nSPS) is 19.4. The van der Waals surface area contributed by atoms with Crippen molar-refractivity contribution >= 4 is 6.09 Å². The highest BCUT2D eigenvalue weighted by molar-refractivity contribution is 5.68. The molecule has 0 aromatic carbocycles. The van der Waals surface area contributed by atoms with Crippen LogP contribution >= 0.6 is 0 Å². The molecule has 7 heteroatoms. The van der Waals surface area contributed by atoms with Gasteiger partial charge in [0.1, 0.15) is 11.4 Å². The molecule has 1 amide bonds. The third-order valence-electron chi connectivity index (χ3n) is 3.57. The van der Waals surface area contributed by atoms with E-state index in [9.17, 15) is 13.6 Å². The highest BCUT2D eigenvalue weighted by Gasteiger charge is 2.28. The van der Waals surface area contributed by atoms with Crippen LogP contribution < -0.4 is 0 Å². The van der Waals surface area contributed by atoms with Crippen LogP contribution in [0.25, 0.3) is 0 Å². The molecular formula is C16H24F2N2O3. The Morgan fingerprint density at radius 2 is 1.74 bits per heavy atom. The Kier molecular flexibility index (Phi) is 5.49. The van der Waals surface area contributed by atoms with E-state index in [0.717, 1.165) is 6.42 Å². The lowest BCUT2D eigenvalue weighted by Gasteiger charge is -2.38. The highest BCUT2D eigenvalue weighted by atomic mass is 19.3. The molecule has 0 saturated carbocycles. The largest absolute Gasteiger partial charge is 0.444 e. The summed E-state index contributed by atoms with van der Waals surface area (Å²) in [5, 5.41) is 0. The predicted octanol–water partition coefficient (Wildman–Crippen LogP) is 3.34. The van der Waals surface area contributed by atoms with E-state index in [2.05, 4.69) is 4.74 Å². The van der Waals surface area contributed by atoms with E-state index in [1.54, 1.807) is 11.0 Å². The number of allylic oxidation sites excluding steroid dienone is 2. The van der Waals surface area contributed by atoms with E-state index in [-0.39, 0.29) is 11.9 Å². The molecule has 0 aromatic rings. The number of rotatable bonds is 3. The van der Waals surface area contributed by atoms with Gasteiger partial charge in [0.05, 0.1) is 5.70 Å². The number of piperazine rings is 1. The van der Waals surface area contributed by atoms with Crippen LogP contribution in [0.2, 0.25) is 0 Å². The fraction of sp³-hybridized carbons (Fsp3) is 0.688. The first-order chi connectivity index (χ1) is 10.8. The van der Waals surface area contributed by atoms with E-state index in [1.165, 1.54) is 0 Å². The van der Waals surface area contributed by atoms with Crippen molar-refractivity contribution in [2.75, 3.05) is 26.2 Å². The van der Waals surface area contributed by atoms with Crippen molar-refractivity contribution in [3.8, 4) is 0 Å². The molecule has 0 aromatic heterocycles. The molecule has 1 saturated heterocycles. The molecule has 2 aliphatic rings. The van der Waals surface area contributed by atoms with Crippen LogP contribution in [0.3, 0.4) is 0 Å². The van der Waals surface area contributed by atoms with Gasteiger partial charge in [-0.2, -0.15) is 8.78 Å². The van der Waals surface area contributed by atoms with Gasteiger partial charge < -0.3 is 19.3 Å². The topological polar surface area (TPSA) is 42.0 Å². The maximum absolute atomic E-state index is 12.5. The molecule has 1 aliphatic heterocycles. The third kappa shape index (κ3) is 5.11. The zero-order chi connectivity index (χ0) is 17.0. The number of halogens is 2. The van der Waals surface area contributed by atoms with Crippen LogP contribution in [0.4, 0.5) is 13.6 Å². The quantitative estimate of drug-likeness (QED) is 0.796. The summed E-state index contributed by atoms with van der Waals surface area (Å²) in [6.45, 7) is 4.77. The van der Waals surface area contributed by atoms with Crippen LogP contribution in [-0.4, -0.2) is 54.3 Å². The van der Waals surface area contributed by atoms with Crippen LogP contribution in [0.15, 0.2) is 23.6 Å². The molecule has 0 bridgehead atoms. The van der Waals surface area contributed by atoms with Gasteiger partial charge in [0, 0.05) is 26.2 Å². The van der Waals surface area contributed by atoms with Crippen molar-refractivity contribution in [3.63, 3.8) is 0 Å². The Balaban J connectivity index is 1.92. The summed E-state index contributed by atoms with van der Waals surface area (Å²) in [6, 6.07) is 0. The molecule has 2 rings (SSSR count). The molecule has 1 aliphatic carbocycles. The maximum Gasteiger partial charge on any atom is 0.410 e. The van der Waals surface area contributed by atoms with Crippen LogP contribution in [0.5, 0.6) is 0 Å². The highest BCUT2D eigenvalue weighted by Crippen LogP contribution is 2.26. The van der Waals surface area contributed by atoms with Crippen molar-refractivity contribution in [1.82, 2.24) is 9.80 Å². The van der Waals surface area contributed by atoms with Crippen LogP contribution in [0.1, 0.15) is 33.6 Å². The van der Waals surface area contributed by atoms with E-state index in [1.807, 2.05) is 31.7 Å². The number of amides is 1. The minimum Gasteiger partial charge on any atom is -0.444 e. The van der Waals surface area contributed by atoms with Gasteiger partial charge in [0.25, 0.3) is 0 Å². The molecule has 23 heavy (non-hydrogen) atoms. The van der Waals surface area contributed by atoms with Crippen molar-refractivity contribution < 1.29 is 23.0 Å². The van der Waals surface area contributed by atoms with E-state index < -0.39 is 12.2 Å². The maximum atomic E-state index is 12.5. The zero-order valence-electron chi connectivity index (χ0n) is 13.8. The molecule has 0 unspecified atom stereocenters. The van der Waals surface area contributed by atoms with Gasteiger partial charge in [0.2, 0.25) is 0 Å². The fourth-order valence-electron chi connectivity index (χ4n) is 2.59. The molecule has 1 fully saturated rings. The summed E-state index contributed by atoms with van der Waals surface area (Å²) in [6.07, 6.45) is 4.78. The number of nitrogens with zero attached hydrogens (tertiary/aromatic N) is 2. The number of alkyl halides is 2. The summed E-state index contributed by atoms with van der Waals surface area (Å²) in [5.74, 6) is 0.233. The molecule has 130 valence electrons. The first-order valence-electron chi connectivity index (χ1n) is 7.84. The summed E-state index contributed by atoms with van der Waals surface area (Å²) >= 11 is 0. The van der Waals surface area contributed by atoms with E-state index in [4.69, 9.17) is 4.74 Å². The van der Waals surface area contributed by atoms with Crippen LogP contribution in [0, 0.1) is 0 Å². The molecule has 5 nitrogen and oxygen atoms in total. The second kappa shape index (κ2) is 7.19. The standard InChI is InChI=1S/C16H24F2N2O3/c1-16(2,3)23-15(21)20-10-8-19(9-11-20)12-6-4-5-7-13(12)22-14(17)18/h6-7,14H,4-5,8-11H2,1-3H3. The Labute approximate surface area is 135 Å². The average molecular weight is 330 g/mol. The van der Waals surface area contributed by atoms with Gasteiger partial charge in [-0.1, -0.05) is 6.08 Å². The first-order valence-corrected chi connectivity index (χ1v) is 7.84. The number of carbonyl (C=O) groups is 1. The fourth-order valence-corrected chi connectivity index (χ4v) is 2.59. The lowest BCUT2D eigenvalue weighted by atomic mass is 10.1. The predicted molar refractivity (Wildman–Crippen MR) is 81.9 cm³/mol. The zero-order valence-corrected chi connectivity index (χ0v) is 13.8. The van der Waals surface area contributed by atoms with Gasteiger partial charge in [-0.15, -0.1) is 0 Å². The lowest BCUT2D eigenvalue weighted by molar-refractivity contribution is -0.0966. The Hall–Kier alpha value is -1.79. The molecule has 0 spiro atoms. The summed E-state index contributed by atoms with van der Waals surface area (Å²) in [5.41, 5.74) is 0.168. The molecule has 1 heterocycles. The minimum atomic E-state index is -2.83. The van der Waals surface area contributed by atoms with Crippen molar-refractivity contribution in [1.29, 1.82) is 0 Å². The lowest BCUT2D eigenvalue weighted by Crippen LogP contribution is -2.49. The van der Waals surface area contributed by atoms with Gasteiger partial charge >= 0.3 is 12.7 Å². The van der Waals surface area contributed by atoms with E-state index in [0.29, 0.717) is 38.3 Å². The number of hydrogen-bond acceptors (Lipinski definition) is 4. The van der Waals surface area contributed by atoms with E-state index >= 15 is 0 Å². The number of hydrogen-bond donors (Lipinski definition) is 0. The molecule has 0 atom stereocenters. The first kappa shape index (κ1) is 17.6. The Morgan fingerprint density at radius 3 is 2.30 bits per heavy atom. The summed E-state index contributed by atoms with van der Waals surface area (Å²) < 4.78 is 35.0. The SMILES string of the molecule is CC(C)(C)OC(=O)N1CCN(C2=CCCC=C2OC(F)F)CC1. The molecule has 0 N–H and O–H groups in total. The molecular weight excluding hydrogens is 306 g/mol. The average Bonchev–Trinajstić information content (AvgIpc) is 2.45. The Bertz CT molecular complexity index is 490. The van der Waals surface area contributed by atoms with Gasteiger partial charge in [-0.3, -0.25) is 0 Å². The minimum absolute atomic E-state index is 0.233. The smallest absolute Gasteiger partial charge is 0.410 e. The molecule has 0 radical (unpaired) electrons. The van der Waals surface area contributed by atoms with Gasteiger partial charge in [-0.25, -0.2) is 4.79 Å². The monoisotopic (exact) mass is 330 g/mol. The second-order valence-corrected chi connectivity index (χ2v) is 6.57. The summed E-state index contributed by atoms with van der Waals surface area (Å²) in [4.78, 5) is 15.7. The van der Waals surface area contributed by atoms with Crippen molar-refractivity contribution in [3.05, 3.63) is 23.6 Å². The second-order valence-electron chi connectivity index (χ2n) is 6.57. The van der Waals surface area contributed by atoms with Crippen LogP contribution in [-0.2, 0) is 9.47 Å². The van der Waals surface area contributed by atoms with Crippen molar-refractivity contribution in [2.45, 2.75) is 45.8 Å². The van der Waals surface area contributed by atoms with Crippen molar-refractivity contribution in [2.24, 2.45) is 0 Å². The Morgan fingerprint density at radius 1 is 1.13 bits per heavy atom. The number of ether oxygens (including phenoxy) is 2. The number of carbonyl (C=O) groups excluding carboxylic acids is 1. The third-order valence-corrected chi connectivity index (χ3v) is 3.57. The summed E-state index contributed by atoms with van der Waals surface area (Å²) in [7, 11) is 0. The van der Waals surface area contributed by atoms with Gasteiger partial charge in [0.15, 0.2) is 0 Å². The van der Waals surface area contributed by atoms with Gasteiger partial charge in [-0.05, 0) is 39.7 Å².